The monoisotopic (exact) mass is 437 g/mol. The maximum Gasteiger partial charge on any atom is 0.251 e. The van der Waals surface area contributed by atoms with E-state index in [1.165, 1.54) is 26.0 Å². The maximum absolute atomic E-state index is 12.9. The van der Waals surface area contributed by atoms with Gasteiger partial charge in [0.05, 0.1) is 7.11 Å². The van der Waals surface area contributed by atoms with E-state index in [-0.39, 0.29) is 28.6 Å². The number of unbranched alkanes of at least 4 members (excludes halogenated alkanes) is 1. The smallest absolute Gasteiger partial charge is 0.251 e. The van der Waals surface area contributed by atoms with Gasteiger partial charge in [-0.1, -0.05) is 26.2 Å². The van der Waals surface area contributed by atoms with Crippen LogP contribution in [0.2, 0.25) is 0 Å². The lowest BCUT2D eigenvalue weighted by Gasteiger charge is -2.32. The van der Waals surface area contributed by atoms with Gasteiger partial charge in [-0.2, -0.15) is 0 Å². The molecule has 0 aromatic heterocycles. The number of benzene rings is 1. The summed E-state index contributed by atoms with van der Waals surface area (Å²) in [4.78, 5) is 15.3. The zero-order valence-corrected chi connectivity index (χ0v) is 19.0. The van der Waals surface area contributed by atoms with Crippen LogP contribution in [0.1, 0.15) is 68.6 Å². The molecule has 0 radical (unpaired) electrons. The number of hydrogen-bond acceptors (Lipinski definition) is 5. The number of methoxy groups -OCH3 is 1. The van der Waals surface area contributed by atoms with Crippen molar-refractivity contribution in [1.29, 1.82) is 0 Å². The van der Waals surface area contributed by atoms with E-state index in [0.29, 0.717) is 5.56 Å². The fourth-order valence-corrected chi connectivity index (χ4v) is 5.81. The molecule has 30 heavy (non-hydrogen) atoms. The summed E-state index contributed by atoms with van der Waals surface area (Å²) in [5.74, 6) is 0.0169. The van der Waals surface area contributed by atoms with Gasteiger partial charge in [-0.3, -0.25) is 4.79 Å². The average molecular weight is 438 g/mol. The zero-order valence-electron chi connectivity index (χ0n) is 18.2. The molecule has 0 bridgehead atoms. The number of nitrogens with one attached hydrogen (secondary N) is 2. The molecule has 1 aliphatic heterocycles. The molecule has 0 unspecified atom stereocenters. The molecule has 7 nitrogen and oxygen atoms in total. The van der Waals surface area contributed by atoms with Crippen LogP contribution in [0, 0.1) is 0 Å². The molecular formula is C22H35N3O4S. The molecule has 1 saturated carbocycles. The van der Waals surface area contributed by atoms with Crippen molar-refractivity contribution in [3.8, 4) is 5.75 Å². The van der Waals surface area contributed by atoms with Crippen LogP contribution < -0.4 is 14.8 Å². The van der Waals surface area contributed by atoms with Crippen molar-refractivity contribution < 1.29 is 17.9 Å². The largest absolute Gasteiger partial charge is 0.495 e. The number of sulfonamides is 1. The highest BCUT2D eigenvalue weighted by molar-refractivity contribution is 7.89. The number of amides is 1. The van der Waals surface area contributed by atoms with Crippen molar-refractivity contribution in [1.82, 2.24) is 14.9 Å². The first-order valence-electron chi connectivity index (χ1n) is 11.2. The van der Waals surface area contributed by atoms with Crippen LogP contribution in [-0.4, -0.2) is 58.1 Å². The maximum atomic E-state index is 12.9. The van der Waals surface area contributed by atoms with Gasteiger partial charge in [0.2, 0.25) is 10.0 Å². The van der Waals surface area contributed by atoms with Crippen LogP contribution in [0.4, 0.5) is 0 Å². The number of piperidine rings is 1. The molecule has 1 aromatic rings. The van der Waals surface area contributed by atoms with Crippen LogP contribution in [0.25, 0.3) is 0 Å². The molecule has 1 heterocycles. The average Bonchev–Trinajstić information content (AvgIpc) is 3.25. The molecule has 168 valence electrons. The molecule has 1 aliphatic carbocycles. The van der Waals surface area contributed by atoms with E-state index in [2.05, 4.69) is 21.9 Å². The summed E-state index contributed by atoms with van der Waals surface area (Å²) in [6, 6.07) is 4.69. The fourth-order valence-electron chi connectivity index (χ4n) is 4.31. The lowest BCUT2D eigenvalue weighted by Crippen LogP contribution is -2.44. The zero-order chi connectivity index (χ0) is 21.6. The van der Waals surface area contributed by atoms with Gasteiger partial charge >= 0.3 is 0 Å². The van der Waals surface area contributed by atoms with E-state index in [0.717, 1.165) is 58.2 Å². The second kappa shape index (κ2) is 10.6. The summed E-state index contributed by atoms with van der Waals surface area (Å²) in [7, 11) is -2.31. The molecular weight excluding hydrogens is 402 g/mol. The van der Waals surface area contributed by atoms with E-state index >= 15 is 0 Å². The van der Waals surface area contributed by atoms with Crippen LogP contribution >= 0.6 is 0 Å². The van der Waals surface area contributed by atoms with Crippen molar-refractivity contribution in [2.24, 2.45) is 0 Å². The summed E-state index contributed by atoms with van der Waals surface area (Å²) in [5.41, 5.74) is 0.344. The highest BCUT2D eigenvalue weighted by atomic mass is 32.2. The number of hydrogen-bond donors (Lipinski definition) is 2. The number of carbonyl (C=O) groups excluding carboxylic acids is 1. The van der Waals surface area contributed by atoms with Gasteiger partial charge in [0.15, 0.2) is 0 Å². The van der Waals surface area contributed by atoms with Crippen molar-refractivity contribution >= 4 is 15.9 Å². The standard InChI is InChI=1S/C22H35N3O4S/c1-3-4-13-25-14-11-18(12-15-25)23-22(26)17-9-10-20(29-2)21(16-17)30(27,28)24-19-7-5-6-8-19/h9-10,16,18-19,24H,3-8,11-15H2,1-2H3,(H,23,26). The summed E-state index contributed by atoms with van der Waals surface area (Å²) >= 11 is 0. The van der Waals surface area contributed by atoms with E-state index in [1.807, 2.05) is 0 Å². The molecule has 0 atom stereocenters. The number of ether oxygens (including phenoxy) is 1. The van der Waals surface area contributed by atoms with Gasteiger partial charge in [-0.25, -0.2) is 13.1 Å². The number of nitrogens with zero attached hydrogens (tertiary/aromatic N) is 1. The molecule has 2 N–H and O–H groups in total. The quantitative estimate of drug-likeness (QED) is 0.620. The van der Waals surface area contributed by atoms with Gasteiger partial charge in [-0.05, 0) is 56.8 Å². The van der Waals surface area contributed by atoms with Crippen LogP contribution in [0.3, 0.4) is 0 Å². The van der Waals surface area contributed by atoms with Crippen LogP contribution in [-0.2, 0) is 10.0 Å². The summed E-state index contributed by atoms with van der Waals surface area (Å²) in [5, 5.41) is 3.08. The molecule has 8 heteroatoms. The van der Waals surface area contributed by atoms with Crippen molar-refractivity contribution in [3.05, 3.63) is 23.8 Å². The fraction of sp³-hybridized carbons (Fsp3) is 0.682. The minimum absolute atomic E-state index is 0.0268. The molecule has 0 spiro atoms. The Balaban J connectivity index is 1.66. The van der Waals surface area contributed by atoms with Crippen molar-refractivity contribution in [3.63, 3.8) is 0 Å². The normalized spacial score (nSPS) is 19.1. The first-order chi connectivity index (χ1) is 14.4. The lowest BCUT2D eigenvalue weighted by molar-refractivity contribution is 0.0910. The minimum atomic E-state index is -3.75. The lowest BCUT2D eigenvalue weighted by atomic mass is 10.0. The van der Waals surface area contributed by atoms with Gasteiger partial charge < -0.3 is 15.0 Å². The van der Waals surface area contributed by atoms with Gasteiger partial charge in [0, 0.05) is 30.7 Å². The van der Waals surface area contributed by atoms with Gasteiger partial charge in [0.25, 0.3) is 5.91 Å². The third kappa shape index (κ3) is 5.95. The SMILES string of the molecule is CCCCN1CCC(NC(=O)c2ccc(OC)c(S(=O)(=O)NC3CCCC3)c2)CC1. The summed E-state index contributed by atoms with van der Waals surface area (Å²) in [6.45, 7) is 5.28. The molecule has 3 rings (SSSR count). The Labute approximate surface area is 180 Å². The molecule has 1 saturated heterocycles. The Kier molecular flexibility index (Phi) is 8.13. The van der Waals surface area contributed by atoms with Crippen molar-refractivity contribution in [2.75, 3.05) is 26.7 Å². The van der Waals surface area contributed by atoms with Crippen molar-refractivity contribution in [2.45, 2.75) is 75.3 Å². The predicted molar refractivity (Wildman–Crippen MR) is 117 cm³/mol. The second-order valence-electron chi connectivity index (χ2n) is 8.41. The Bertz CT molecular complexity index is 814. The Morgan fingerprint density at radius 1 is 1.13 bits per heavy atom. The van der Waals surface area contributed by atoms with E-state index < -0.39 is 10.0 Å². The third-order valence-corrected chi connectivity index (χ3v) is 7.68. The second-order valence-corrected chi connectivity index (χ2v) is 10.1. The Morgan fingerprint density at radius 2 is 1.83 bits per heavy atom. The van der Waals surface area contributed by atoms with E-state index in [4.69, 9.17) is 4.74 Å². The highest BCUT2D eigenvalue weighted by Gasteiger charge is 2.27. The van der Waals surface area contributed by atoms with Crippen LogP contribution in [0.5, 0.6) is 5.75 Å². The molecule has 1 amide bonds. The third-order valence-electron chi connectivity index (χ3n) is 6.14. The summed E-state index contributed by atoms with van der Waals surface area (Å²) in [6.07, 6.45) is 7.98. The molecule has 2 fully saturated rings. The predicted octanol–water partition coefficient (Wildman–Crippen LogP) is 2.91. The number of likely N-dealkylation sites (tertiary alicyclic amines) is 1. The number of carbonyl (C=O) groups is 1. The summed E-state index contributed by atoms with van der Waals surface area (Å²) < 4.78 is 33.9. The topological polar surface area (TPSA) is 87.7 Å². The molecule has 1 aromatic carbocycles. The Hall–Kier alpha value is -1.64. The van der Waals surface area contributed by atoms with E-state index in [9.17, 15) is 13.2 Å². The van der Waals surface area contributed by atoms with E-state index in [1.54, 1.807) is 12.1 Å². The highest BCUT2D eigenvalue weighted by Crippen LogP contribution is 2.27. The number of rotatable bonds is 9. The van der Waals surface area contributed by atoms with Gasteiger partial charge in [0.1, 0.15) is 10.6 Å². The first-order valence-corrected chi connectivity index (χ1v) is 12.6. The van der Waals surface area contributed by atoms with Crippen LogP contribution in [0.15, 0.2) is 23.1 Å². The van der Waals surface area contributed by atoms with Gasteiger partial charge in [-0.15, -0.1) is 0 Å². The minimum Gasteiger partial charge on any atom is -0.495 e. The molecule has 2 aliphatic rings. The first kappa shape index (κ1) is 23.0. The Morgan fingerprint density at radius 3 is 2.47 bits per heavy atom.